The highest BCUT2D eigenvalue weighted by Crippen LogP contribution is 2.39. The maximum Gasteiger partial charge on any atom is 0.492 e. The Kier molecular flexibility index (Phi) is 7.03. The number of amides is 1. The number of hydrogen-bond acceptors (Lipinski definition) is 4. The third-order valence-corrected chi connectivity index (χ3v) is 6.75. The molecule has 5 nitrogen and oxygen atoms in total. The first-order valence-corrected chi connectivity index (χ1v) is 11.7. The van der Waals surface area contributed by atoms with Crippen molar-refractivity contribution in [2.24, 2.45) is 0 Å². The standard InChI is InChI=1S/C27H29BClNO4/c1-26(2)27(3,4)34-28(33-26)22(17-30-25(31)32-18-19-10-6-5-7-11-19)16-21-14-8-12-20-13-9-15-23(29)24(20)21/h5-16H,17-18H2,1-4H3,(H,30,31). The molecular formula is C27H29BClNO4. The largest absolute Gasteiger partial charge is 0.492 e. The number of halogens is 1. The van der Waals surface area contributed by atoms with Crippen molar-refractivity contribution in [2.75, 3.05) is 6.54 Å². The number of nitrogens with one attached hydrogen (secondary N) is 1. The summed E-state index contributed by atoms with van der Waals surface area (Å²) in [7, 11) is -0.628. The van der Waals surface area contributed by atoms with Crippen LogP contribution in [0.15, 0.2) is 72.2 Å². The summed E-state index contributed by atoms with van der Waals surface area (Å²) in [6.07, 6.45) is 1.47. The molecule has 0 saturated carbocycles. The van der Waals surface area contributed by atoms with Crippen molar-refractivity contribution in [3.8, 4) is 0 Å². The average molecular weight is 478 g/mol. The molecule has 1 amide bonds. The molecule has 1 heterocycles. The van der Waals surface area contributed by atoms with Gasteiger partial charge in [0, 0.05) is 17.0 Å². The van der Waals surface area contributed by atoms with Gasteiger partial charge in [0.05, 0.1) is 11.2 Å². The number of rotatable bonds is 6. The first kappa shape index (κ1) is 24.3. The van der Waals surface area contributed by atoms with Crippen LogP contribution in [-0.2, 0) is 20.7 Å². The summed E-state index contributed by atoms with van der Waals surface area (Å²) < 4.78 is 18.0. The van der Waals surface area contributed by atoms with Crippen molar-refractivity contribution in [1.29, 1.82) is 0 Å². The zero-order valence-electron chi connectivity index (χ0n) is 19.9. The molecule has 0 aliphatic carbocycles. The number of hydrogen-bond donors (Lipinski definition) is 1. The summed E-state index contributed by atoms with van der Waals surface area (Å²) in [5.74, 6) is 0. The minimum Gasteiger partial charge on any atom is -0.445 e. The second kappa shape index (κ2) is 9.83. The van der Waals surface area contributed by atoms with Gasteiger partial charge in [-0.3, -0.25) is 0 Å². The van der Waals surface area contributed by atoms with E-state index in [9.17, 15) is 4.79 Å². The Bertz CT molecular complexity index is 1190. The minimum absolute atomic E-state index is 0.196. The lowest BCUT2D eigenvalue weighted by Gasteiger charge is -2.32. The molecule has 1 N–H and O–H groups in total. The summed E-state index contributed by atoms with van der Waals surface area (Å²) in [6.45, 7) is 8.40. The third-order valence-electron chi connectivity index (χ3n) is 6.43. The van der Waals surface area contributed by atoms with Crippen LogP contribution >= 0.6 is 11.6 Å². The summed E-state index contributed by atoms with van der Waals surface area (Å²) in [5, 5.41) is 5.47. The van der Waals surface area contributed by atoms with Crippen LogP contribution in [0.2, 0.25) is 5.02 Å². The molecule has 1 aliphatic rings. The number of fused-ring (bicyclic) bond motifs is 1. The Morgan fingerprint density at radius 1 is 0.971 bits per heavy atom. The molecule has 1 saturated heterocycles. The molecule has 176 valence electrons. The van der Waals surface area contributed by atoms with Crippen molar-refractivity contribution in [1.82, 2.24) is 5.32 Å². The molecular weight excluding hydrogens is 449 g/mol. The van der Waals surface area contributed by atoms with Crippen LogP contribution in [0.25, 0.3) is 16.8 Å². The molecule has 0 aromatic heterocycles. The molecule has 0 spiro atoms. The van der Waals surface area contributed by atoms with E-state index in [-0.39, 0.29) is 13.2 Å². The molecule has 3 aromatic carbocycles. The summed E-state index contributed by atoms with van der Waals surface area (Å²) in [6, 6.07) is 21.4. The average Bonchev–Trinajstić information content (AvgIpc) is 3.02. The van der Waals surface area contributed by atoms with Gasteiger partial charge in [0.25, 0.3) is 0 Å². The van der Waals surface area contributed by atoms with Crippen LogP contribution in [-0.4, -0.2) is 31.0 Å². The zero-order valence-corrected chi connectivity index (χ0v) is 20.7. The molecule has 0 unspecified atom stereocenters. The van der Waals surface area contributed by atoms with Crippen molar-refractivity contribution >= 4 is 41.7 Å². The molecule has 4 rings (SSSR count). The van der Waals surface area contributed by atoms with Crippen molar-refractivity contribution < 1.29 is 18.8 Å². The number of carbonyl (C=O) groups is 1. The number of ether oxygens (including phenoxy) is 1. The molecule has 34 heavy (non-hydrogen) atoms. The number of alkyl carbamates (subject to hydrolysis) is 1. The molecule has 1 fully saturated rings. The first-order valence-electron chi connectivity index (χ1n) is 11.3. The van der Waals surface area contributed by atoms with Crippen molar-refractivity contribution in [2.45, 2.75) is 45.5 Å². The fourth-order valence-corrected chi connectivity index (χ4v) is 4.08. The predicted molar refractivity (Wildman–Crippen MR) is 138 cm³/mol. The Morgan fingerprint density at radius 3 is 2.29 bits per heavy atom. The van der Waals surface area contributed by atoms with Gasteiger partial charge in [-0.1, -0.05) is 78.3 Å². The normalized spacial score (nSPS) is 17.1. The quantitative estimate of drug-likeness (QED) is 0.415. The van der Waals surface area contributed by atoms with E-state index in [1.54, 1.807) is 0 Å². The highest BCUT2D eigenvalue weighted by Gasteiger charge is 2.52. The van der Waals surface area contributed by atoms with E-state index in [1.807, 2.05) is 101 Å². The number of benzene rings is 3. The lowest BCUT2D eigenvalue weighted by atomic mass is 9.76. The maximum absolute atomic E-state index is 12.4. The Balaban J connectivity index is 1.59. The van der Waals surface area contributed by atoms with Crippen LogP contribution in [0.3, 0.4) is 0 Å². The van der Waals surface area contributed by atoms with E-state index < -0.39 is 24.4 Å². The lowest BCUT2D eigenvalue weighted by molar-refractivity contribution is 0.00578. The van der Waals surface area contributed by atoms with Gasteiger partial charge in [-0.05, 0) is 55.7 Å². The van der Waals surface area contributed by atoms with Gasteiger partial charge in [-0.25, -0.2) is 4.79 Å². The van der Waals surface area contributed by atoms with Gasteiger partial charge in [0.15, 0.2) is 0 Å². The Hall–Kier alpha value is -2.80. The van der Waals surface area contributed by atoms with Crippen molar-refractivity contribution in [3.05, 3.63) is 88.4 Å². The lowest BCUT2D eigenvalue weighted by Crippen LogP contribution is -2.41. The summed E-state index contributed by atoms with van der Waals surface area (Å²) >= 11 is 6.54. The Labute approximate surface area is 206 Å². The molecule has 7 heteroatoms. The highest BCUT2D eigenvalue weighted by atomic mass is 35.5. The van der Waals surface area contributed by atoms with E-state index in [1.165, 1.54) is 0 Å². The van der Waals surface area contributed by atoms with Crippen LogP contribution in [0.5, 0.6) is 0 Å². The fourth-order valence-electron chi connectivity index (χ4n) is 3.79. The van der Waals surface area contributed by atoms with Gasteiger partial charge in [0.1, 0.15) is 6.61 Å². The van der Waals surface area contributed by atoms with E-state index >= 15 is 0 Å². The minimum atomic E-state index is -0.628. The van der Waals surface area contributed by atoms with Crippen molar-refractivity contribution in [3.63, 3.8) is 0 Å². The van der Waals surface area contributed by atoms with Crippen LogP contribution in [0.1, 0.15) is 38.8 Å². The van der Waals surface area contributed by atoms with E-state index in [0.29, 0.717) is 5.02 Å². The second-order valence-corrected chi connectivity index (χ2v) is 9.82. The maximum atomic E-state index is 12.4. The van der Waals surface area contributed by atoms with Gasteiger partial charge >= 0.3 is 13.2 Å². The zero-order chi connectivity index (χ0) is 24.3. The third kappa shape index (κ3) is 5.30. The first-order chi connectivity index (χ1) is 16.2. The van der Waals surface area contributed by atoms with E-state index in [0.717, 1.165) is 27.4 Å². The Morgan fingerprint density at radius 2 is 1.62 bits per heavy atom. The molecule has 3 aromatic rings. The topological polar surface area (TPSA) is 56.8 Å². The second-order valence-electron chi connectivity index (χ2n) is 9.41. The predicted octanol–water partition coefficient (Wildman–Crippen LogP) is 6.43. The van der Waals surface area contributed by atoms with Gasteiger partial charge in [-0.15, -0.1) is 0 Å². The fraction of sp³-hybridized carbons (Fsp3) is 0.296. The monoisotopic (exact) mass is 477 g/mol. The van der Waals surface area contributed by atoms with E-state index in [4.69, 9.17) is 25.6 Å². The summed E-state index contributed by atoms with van der Waals surface area (Å²) in [5.41, 5.74) is 1.59. The smallest absolute Gasteiger partial charge is 0.445 e. The molecule has 1 aliphatic heterocycles. The molecule has 0 bridgehead atoms. The molecule has 0 atom stereocenters. The summed E-state index contributed by atoms with van der Waals surface area (Å²) in [4.78, 5) is 12.4. The number of carbonyl (C=O) groups excluding carboxylic acids is 1. The van der Waals surface area contributed by atoms with Crippen LogP contribution < -0.4 is 5.32 Å². The van der Waals surface area contributed by atoms with Gasteiger partial charge < -0.3 is 19.4 Å². The van der Waals surface area contributed by atoms with Crippen LogP contribution in [0.4, 0.5) is 4.79 Å². The van der Waals surface area contributed by atoms with Gasteiger partial charge in [-0.2, -0.15) is 0 Å². The van der Waals surface area contributed by atoms with Crippen LogP contribution in [0, 0.1) is 0 Å². The van der Waals surface area contributed by atoms with Gasteiger partial charge in [0.2, 0.25) is 0 Å². The highest BCUT2D eigenvalue weighted by molar-refractivity contribution is 6.56. The molecule has 0 radical (unpaired) electrons. The van der Waals surface area contributed by atoms with E-state index in [2.05, 4.69) is 5.32 Å². The SMILES string of the molecule is CC1(C)OB(C(=Cc2cccc3cccc(Cl)c23)CNC(=O)OCc2ccccc2)OC1(C)C.